The standard InChI is InChI=1S/C12H23N5O2/c1-4-5-7-18-8-6-14-11-15-10(13)16-12(17-11)19-9(2)3/h9H,4-8H2,1-3H3,(H3,13,14,15,16,17). The molecule has 3 N–H and O–H groups in total. The van der Waals surface area contributed by atoms with Crippen molar-refractivity contribution in [2.75, 3.05) is 30.8 Å². The van der Waals surface area contributed by atoms with Crippen molar-refractivity contribution in [2.24, 2.45) is 0 Å². The lowest BCUT2D eigenvalue weighted by molar-refractivity contribution is 0.141. The van der Waals surface area contributed by atoms with Crippen LogP contribution in [0.2, 0.25) is 0 Å². The van der Waals surface area contributed by atoms with Gasteiger partial charge < -0.3 is 20.5 Å². The van der Waals surface area contributed by atoms with Crippen LogP contribution in [0.3, 0.4) is 0 Å². The lowest BCUT2D eigenvalue weighted by Crippen LogP contribution is -2.15. The molecule has 1 aromatic heterocycles. The van der Waals surface area contributed by atoms with Gasteiger partial charge in [0.05, 0.1) is 12.7 Å². The fourth-order valence-electron chi connectivity index (χ4n) is 1.30. The zero-order valence-electron chi connectivity index (χ0n) is 11.8. The van der Waals surface area contributed by atoms with Crippen molar-refractivity contribution >= 4 is 11.9 Å². The maximum absolute atomic E-state index is 5.59. The van der Waals surface area contributed by atoms with Gasteiger partial charge in [0.1, 0.15) is 0 Å². The predicted octanol–water partition coefficient (Wildman–Crippen LogP) is 1.47. The Kier molecular flexibility index (Phi) is 6.88. The van der Waals surface area contributed by atoms with Crippen molar-refractivity contribution < 1.29 is 9.47 Å². The normalized spacial score (nSPS) is 10.7. The summed E-state index contributed by atoms with van der Waals surface area (Å²) in [6.45, 7) is 7.92. The molecule has 19 heavy (non-hydrogen) atoms. The highest BCUT2D eigenvalue weighted by atomic mass is 16.5. The summed E-state index contributed by atoms with van der Waals surface area (Å²) in [5.74, 6) is 0.544. The molecule has 0 saturated heterocycles. The fraction of sp³-hybridized carbons (Fsp3) is 0.750. The smallest absolute Gasteiger partial charge is 0.323 e. The lowest BCUT2D eigenvalue weighted by Gasteiger charge is -2.10. The third-order valence-corrected chi connectivity index (χ3v) is 2.15. The Bertz CT molecular complexity index is 373. The van der Waals surface area contributed by atoms with Crippen molar-refractivity contribution in [3.05, 3.63) is 0 Å². The number of anilines is 2. The van der Waals surface area contributed by atoms with Gasteiger partial charge in [0.15, 0.2) is 0 Å². The largest absolute Gasteiger partial charge is 0.461 e. The van der Waals surface area contributed by atoms with Crippen LogP contribution in [-0.4, -0.2) is 40.8 Å². The Hall–Kier alpha value is -1.63. The van der Waals surface area contributed by atoms with Gasteiger partial charge >= 0.3 is 6.01 Å². The molecule has 0 atom stereocenters. The van der Waals surface area contributed by atoms with E-state index >= 15 is 0 Å². The van der Waals surface area contributed by atoms with Crippen LogP contribution in [0, 0.1) is 0 Å². The Labute approximate surface area is 113 Å². The van der Waals surface area contributed by atoms with Crippen LogP contribution in [0.5, 0.6) is 6.01 Å². The van der Waals surface area contributed by atoms with Crippen LogP contribution >= 0.6 is 0 Å². The zero-order chi connectivity index (χ0) is 14.1. The average Bonchev–Trinajstić information content (AvgIpc) is 2.32. The molecule has 7 nitrogen and oxygen atoms in total. The van der Waals surface area contributed by atoms with Crippen LogP contribution in [0.4, 0.5) is 11.9 Å². The van der Waals surface area contributed by atoms with E-state index in [4.69, 9.17) is 15.2 Å². The van der Waals surface area contributed by atoms with E-state index in [0.29, 0.717) is 19.1 Å². The summed E-state index contributed by atoms with van der Waals surface area (Å²) in [5, 5.41) is 3.03. The fourth-order valence-corrected chi connectivity index (χ4v) is 1.30. The Morgan fingerprint density at radius 1 is 1.21 bits per heavy atom. The topological polar surface area (TPSA) is 95.2 Å². The average molecular weight is 269 g/mol. The predicted molar refractivity (Wildman–Crippen MR) is 74.2 cm³/mol. The lowest BCUT2D eigenvalue weighted by atomic mass is 10.4. The van der Waals surface area contributed by atoms with Gasteiger partial charge in [0, 0.05) is 13.2 Å². The van der Waals surface area contributed by atoms with E-state index in [1.807, 2.05) is 13.8 Å². The third kappa shape index (κ3) is 6.76. The van der Waals surface area contributed by atoms with Gasteiger partial charge in [-0.2, -0.15) is 15.0 Å². The van der Waals surface area contributed by atoms with Crippen molar-refractivity contribution in [3.8, 4) is 6.01 Å². The van der Waals surface area contributed by atoms with Crippen LogP contribution in [-0.2, 0) is 4.74 Å². The molecule has 1 aromatic rings. The molecule has 0 spiro atoms. The molecule has 0 saturated carbocycles. The number of hydrogen-bond acceptors (Lipinski definition) is 7. The molecule has 0 amide bonds. The molecule has 7 heteroatoms. The van der Waals surface area contributed by atoms with E-state index in [1.54, 1.807) is 0 Å². The molecule has 0 fully saturated rings. The van der Waals surface area contributed by atoms with E-state index in [9.17, 15) is 0 Å². The monoisotopic (exact) mass is 269 g/mol. The number of rotatable bonds is 9. The molecule has 0 aliphatic rings. The highest BCUT2D eigenvalue weighted by Crippen LogP contribution is 2.10. The number of ether oxygens (including phenoxy) is 2. The summed E-state index contributed by atoms with van der Waals surface area (Å²) in [4.78, 5) is 12.0. The first kappa shape index (κ1) is 15.4. The first-order valence-corrected chi connectivity index (χ1v) is 6.61. The number of nitrogens with zero attached hydrogens (tertiary/aromatic N) is 3. The second kappa shape index (κ2) is 8.47. The SMILES string of the molecule is CCCCOCCNc1nc(N)nc(OC(C)C)n1. The molecule has 0 unspecified atom stereocenters. The second-order valence-electron chi connectivity index (χ2n) is 4.36. The maximum Gasteiger partial charge on any atom is 0.323 e. The Morgan fingerprint density at radius 3 is 2.68 bits per heavy atom. The summed E-state index contributed by atoms with van der Waals surface area (Å²) in [6.07, 6.45) is 2.20. The third-order valence-electron chi connectivity index (χ3n) is 2.15. The van der Waals surface area contributed by atoms with Crippen LogP contribution in [0.1, 0.15) is 33.6 Å². The van der Waals surface area contributed by atoms with Gasteiger partial charge in [0.2, 0.25) is 11.9 Å². The summed E-state index contributed by atoms with van der Waals surface area (Å²) >= 11 is 0. The van der Waals surface area contributed by atoms with E-state index in [0.717, 1.165) is 19.4 Å². The second-order valence-corrected chi connectivity index (χ2v) is 4.36. The molecule has 0 radical (unpaired) electrons. The number of unbranched alkanes of at least 4 members (excludes halogenated alkanes) is 1. The van der Waals surface area contributed by atoms with E-state index in [-0.39, 0.29) is 18.1 Å². The molecule has 0 bridgehead atoms. The van der Waals surface area contributed by atoms with E-state index in [2.05, 4.69) is 27.2 Å². The maximum atomic E-state index is 5.59. The quantitative estimate of drug-likeness (QED) is 0.655. The number of aromatic nitrogens is 3. The van der Waals surface area contributed by atoms with Gasteiger partial charge in [-0.1, -0.05) is 13.3 Å². The van der Waals surface area contributed by atoms with Crippen molar-refractivity contribution in [1.82, 2.24) is 15.0 Å². The molecule has 108 valence electrons. The van der Waals surface area contributed by atoms with Crippen molar-refractivity contribution in [1.29, 1.82) is 0 Å². The molecule has 0 aromatic carbocycles. The summed E-state index contributed by atoms with van der Waals surface area (Å²) < 4.78 is 10.8. The van der Waals surface area contributed by atoms with Gasteiger partial charge in [-0.3, -0.25) is 0 Å². The van der Waals surface area contributed by atoms with Gasteiger partial charge in [-0.05, 0) is 20.3 Å². The molecule has 1 rings (SSSR count). The minimum atomic E-state index is -0.00738. The summed E-state index contributed by atoms with van der Waals surface area (Å²) in [6, 6.07) is 0.233. The number of nitrogens with one attached hydrogen (secondary N) is 1. The van der Waals surface area contributed by atoms with E-state index < -0.39 is 0 Å². The van der Waals surface area contributed by atoms with Crippen molar-refractivity contribution in [3.63, 3.8) is 0 Å². The van der Waals surface area contributed by atoms with Gasteiger partial charge in [0.25, 0.3) is 0 Å². The molecular formula is C12H23N5O2. The number of nitrogen functional groups attached to an aromatic ring is 1. The summed E-state index contributed by atoms with van der Waals surface area (Å²) in [5.41, 5.74) is 5.59. The van der Waals surface area contributed by atoms with Gasteiger partial charge in [-0.15, -0.1) is 0 Å². The minimum Gasteiger partial charge on any atom is -0.461 e. The minimum absolute atomic E-state index is 0.00738. The highest BCUT2D eigenvalue weighted by Gasteiger charge is 2.06. The number of nitrogens with two attached hydrogens (primary N) is 1. The Balaban J connectivity index is 2.38. The molecular weight excluding hydrogens is 246 g/mol. The summed E-state index contributed by atoms with van der Waals surface area (Å²) in [7, 11) is 0. The molecule has 0 aliphatic carbocycles. The molecule has 0 aliphatic heterocycles. The first-order valence-electron chi connectivity index (χ1n) is 6.61. The molecule has 1 heterocycles. The zero-order valence-corrected chi connectivity index (χ0v) is 11.8. The Morgan fingerprint density at radius 2 is 2.00 bits per heavy atom. The first-order chi connectivity index (χ1) is 9.11. The van der Waals surface area contributed by atoms with Gasteiger partial charge in [-0.25, -0.2) is 0 Å². The van der Waals surface area contributed by atoms with Crippen LogP contribution in [0.15, 0.2) is 0 Å². The number of hydrogen-bond donors (Lipinski definition) is 2. The van der Waals surface area contributed by atoms with Crippen molar-refractivity contribution in [2.45, 2.75) is 39.7 Å². The van der Waals surface area contributed by atoms with Crippen LogP contribution < -0.4 is 15.8 Å². The van der Waals surface area contributed by atoms with Crippen LogP contribution in [0.25, 0.3) is 0 Å². The van der Waals surface area contributed by atoms with E-state index in [1.165, 1.54) is 0 Å². The highest BCUT2D eigenvalue weighted by molar-refractivity contribution is 5.32.